The Morgan fingerprint density at radius 1 is 1.04 bits per heavy atom. The second-order valence-electron chi connectivity index (χ2n) is 5.58. The van der Waals surface area contributed by atoms with Gasteiger partial charge in [-0.1, -0.05) is 30.3 Å². The van der Waals surface area contributed by atoms with E-state index < -0.39 is 24.0 Å². The van der Waals surface area contributed by atoms with Crippen molar-refractivity contribution in [2.24, 2.45) is 0 Å². The van der Waals surface area contributed by atoms with Crippen molar-refractivity contribution in [2.45, 2.75) is 25.6 Å². The Morgan fingerprint density at radius 2 is 1.68 bits per heavy atom. The van der Waals surface area contributed by atoms with Crippen LogP contribution < -0.4 is 16.1 Å². The van der Waals surface area contributed by atoms with Crippen LogP contribution in [-0.4, -0.2) is 34.3 Å². The molecule has 5 N–H and O–H groups in total. The maximum absolute atomic E-state index is 12.2. The number of rotatable bonds is 7. The molecule has 132 valence electrons. The Bertz CT molecular complexity index is 702. The van der Waals surface area contributed by atoms with Crippen molar-refractivity contribution in [3.05, 3.63) is 65.7 Å². The van der Waals surface area contributed by atoms with E-state index in [-0.39, 0.29) is 0 Å². The van der Waals surface area contributed by atoms with Crippen LogP contribution in [0.2, 0.25) is 0 Å². The number of nitrogens with one attached hydrogen (secondary N) is 3. The summed E-state index contributed by atoms with van der Waals surface area (Å²) in [6.07, 6.45) is -1.15. The fourth-order valence-electron chi connectivity index (χ4n) is 2.23. The van der Waals surface area contributed by atoms with E-state index in [1.807, 2.05) is 30.3 Å². The molecular weight excluding hydrogens is 322 g/mol. The predicted molar refractivity (Wildman–Crippen MR) is 93.1 cm³/mol. The van der Waals surface area contributed by atoms with Gasteiger partial charge in [-0.15, -0.1) is 0 Å². The van der Waals surface area contributed by atoms with Crippen LogP contribution in [0.25, 0.3) is 0 Å². The van der Waals surface area contributed by atoms with Crippen LogP contribution in [-0.2, 0) is 11.3 Å². The van der Waals surface area contributed by atoms with E-state index in [4.69, 9.17) is 5.21 Å². The molecule has 2 aromatic carbocycles. The number of para-hydroxylation sites is 1. The first-order valence-corrected chi connectivity index (χ1v) is 7.82. The fraction of sp³-hybridized carbons (Fsp3) is 0.222. The summed E-state index contributed by atoms with van der Waals surface area (Å²) in [6.45, 7) is 1.95. The van der Waals surface area contributed by atoms with Crippen molar-refractivity contribution in [1.82, 2.24) is 10.8 Å². The molecule has 0 heterocycles. The van der Waals surface area contributed by atoms with Gasteiger partial charge in [-0.2, -0.15) is 0 Å². The summed E-state index contributed by atoms with van der Waals surface area (Å²) in [5, 5.41) is 23.8. The summed E-state index contributed by atoms with van der Waals surface area (Å²) < 4.78 is 0. The van der Waals surface area contributed by atoms with E-state index in [0.29, 0.717) is 12.1 Å². The quantitative estimate of drug-likeness (QED) is 0.384. The molecule has 0 bridgehead atoms. The number of hydroxylamine groups is 1. The van der Waals surface area contributed by atoms with Gasteiger partial charge in [0.05, 0.1) is 6.10 Å². The third-order valence-corrected chi connectivity index (χ3v) is 3.65. The highest BCUT2D eigenvalue weighted by atomic mass is 16.5. The van der Waals surface area contributed by atoms with E-state index in [2.05, 4.69) is 10.6 Å². The average molecular weight is 343 g/mol. The lowest BCUT2D eigenvalue weighted by molar-refractivity contribution is -0.133. The lowest BCUT2D eigenvalue weighted by atomic mass is 10.1. The molecule has 0 saturated carbocycles. The zero-order valence-electron chi connectivity index (χ0n) is 13.8. The molecular formula is C18H21N3O4. The maximum Gasteiger partial charge on any atom is 0.268 e. The molecule has 0 spiro atoms. The molecule has 7 heteroatoms. The smallest absolute Gasteiger partial charge is 0.268 e. The fourth-order valence-corrected chi connectivity index (χ4v) is 2.23. The summed E-state index contributed by atoms with van der Waals surface area (Å²) in [5.41, 5.74) is 3.76. The number of anilines is 1. The van der Waals surface area contributed by atoms with Crippen molar-refractivity contribution in [3.8, 4) is 0 Å². The predicted octanol–water partition coefficient (Wildman–Crippen LogP) is 1.28. The molecule has 2 amide bonds. The van der Waals surface area contributed by atoms with Crippen molar-refractivity contribution in [1.29, 1.82) is 0 Å². The zero-order chi connectivity index (χ0) is 18.2. The van der Waals surface area contributed by atoms with Gasteiger partial charge in [0.1, 0.15) is 6.04 Å². The second kappa shape index (κ2) is 8.81. The van der Waals surface area contributed by atoms with Gasteiger partial charge in [0, 0.05) is 17.8 Å². The number of carbonyl (C=O) groups is 2. The first-order chi connectivity index (χ1) is 12.0. The van der Waals surface area contributed by atoms with Gasteiger partial charge in [0.2, 0.25) is 0 Å². The van der Waals surface area contributed by atoms with E-state index in [9.17, 15) is 14.7 Å². The van der Waals surface area contributed by atoms with Crippen molar-refractivity contribution in [2.75, 3.05) is 5.32 Å². The van der Waals surface area contributed by atoms with E-state index in [1.54, 1.807) is 24.3 Å². The zero-order valence-corrected chi connectivity index (χ0v) is 13.8. The molecule has 2 aromatic rings. The van der Waals surface area contributed by atoms with Gasteiger partial charge in [-0.3, -0.25) is 14.8 Å². The molecule has 0 aliphatic heterocycles. The van der Waals surface area contributed by atoms with Gasteiger partial charge < -0.3 is 15.7 Å². The second-order valence-corrected chi connectivity index (χ2v) is 5.58. The minimum atomic E-state index is -1.24. The molecule has 0 radical (unpaired) electrons. The number of amides is 2. The molecule has 0 saturated heterocycles. The molecule has 0 unspecified atom stereocenters. The molecule has 0 aliphatic carbocycles. The van der Waals surface area contributed by atoms with Gasteiger partial charge in [-0.05, 0) is 36.8 Å². The van der Waals surface area contributed by atoms with Gasteiger partial charge in [-0.25, -0.2) is 5.48 Å². The molecule has 0 fully saturated rings. The summed E-state index contributed by atoms with van der Waals surface area (Å²) in [5.74, 6) is -1.40. The van der Waals surface area contributed by atoms with Crippen LogP contribution in [0.3, 0.4) is 0 Å². The van der Waals surface area contributed by atoms with Crippen LogP contribution in [0.5, 0.6) is 0 Å². The molecule has 2 atom stereocenters. The number of benzene rings is 2. The number of carbonyl (C=O) groups excluding carboxylic acids is 2. The topological polar surface area (TPSA) is 111 Å². The number of hydrogen-bond donors (Lipinski definition) is 5. The highest BCUT2D eigenvalue weighted by Crippen LogP contribution is 2.10. The van der Waals surface area contributed by atoms with Crippen LogP contribution in [0.1, 0.15) is 22.8 Å². The largest absolute Gasteiger partial charge is 0.391 e. The van der Waals surface area contributed by atoms with Crippen LogP contribution in [0.4, 0.5) is 5.69 Å². The lowest BCUT2D eigenvalue weighted by Crippen LogP contribution is -2.51. The Morgan fingerprint density at radius 3 is 2.24 bits per heavy atom. The third-order valence-electron chi connectivity index (χ3n) is 3.65. The van der Waals surface area contributed by atoms with Gasteiger partial charge in [0.15, 0.2) is 0 Å². The van der Waals surface area contributed by atoms with Crippen molar-refractivity contribution < 1.29 is 19.9 Å². The number of hydrogen-bond acceptors (Lipinski definition) is 5. The summed E-state index contributed by atoms with van der Waals surface area (Å²) in [7, 11) is 0. The first-order valence-electron chi connectivity index (χ1n) is 7.82. The Balaban J connectivity index is 1.96. The molecule has 25 heavy (non-hydrogen) atoms. The van der Waals surface area contributed by atoms with Crippen molar-refractivity contribution >= 4 is 17.5 Å². The van der Waals surface area contributed by atoms with Gasteiger partial charge >= 0.3 is 0 Å². The summed E-state index contributed by atoms with van der Waals surface area (Å²) >= 11 is 0. The van der Waals surface area contributed by atoms with Crippen LogP contribution in [0.15, 0.2) is 54.6 Å². The minimum absolute atomic E-state index is 0.347. The monoisotopic (exact) mass is 343 g/mol. The third kappa shape index (κ3) is 5.30. The first kappa shape index (κ1) is 18.4. The molecule has 2 rings (SSSR count). The van der Waals surface area contributed by atoms with E-state index >= 15 is 0 Å². The summed E-state index contributed by atoms with van der Waals surface area (Å²) in [4.78, 5) is 23.6. The Labute approximate surface area is 145 Å². The number of aliphatic hydroxyl groups excluding tert-OH is 1. The number of aliphatic hydroxyl groups is 1. The van der Waals surface area contributed by atoms with E-state index in [0.717, 1.165) is 11.3 Å². The van der Waals surface area contributed by atoms with Crippen LogP contribution >= 0.6 is 0 Å². The minimum Gasteiger partial charge on any atom is -0.391 e. The standard InChI is InChI=1S/C18H21N3O4/c1-12(22)16(18(24)21-25)20-17(23)14-9-7-13(8-10-14)11-19-15-5-3-2-4-6-15/h2-10,12,16,19,22,25H,11H2,1H3,(H,20,23)(H,21,24)/t12-,16+/m1/s1. The summed E-state index contributed by atoms with van der Waals surface area (Å²) in [6, 6.07) is 15.4. The highest BCUT2D eigenvalue weighted by molar-refractivity contribution is 5.97. The highest BCUT2D eigenvalue weighted by Gasteiger charge is 2.25. The lowest BCUT2D eigenvalue weighted by Gasteiger charge is -2.19. The van der Waals surface area contributed by atoms with E-state index in [1.165, 1.54) is 12.4 Å². The van der Waals surface area contributed by atoms with Crippen molar-refractivity contribution in [3.63, 3.8) is 0 Å². The average Bonchev–Trinajstić information content (AvgIpc) is 2.64. The van der Waals surface area contributed by atoms with Gasteiger partial charge in [0.25, 0.3) is 11.8 Å². The SMILES string of the molecule is C[C@@H](O)[C@H](NC(=O)c1ccc(CNc2ccccc2)cc1)C(=O)NO. The molecule has 7 nitrogen and oxygen atoms in total. The van der Waals surface area contributed by atoms with Crippen LogP contribution in [0, 0.1) is 0 Å². The molecule has 0 aromatic heterocycles. The Kier molecular flexibility index (Phi) is 6.50. The maximum atomic E-state index is 12.2. The Hall–Kier alpha value is -2.90. The molecule has 0 aliphatic rings. The normalized spacial score (nSPS) is 12.8.